The van der Waals surface area contributed by atoms with E-state index in [2.05, 4.69) is 5.32 Å². The molecular formula is C21H26N2O2. The summed E-state index contributed by atoms with van der Waals surface area (Å²) in [5, 5.41) is 2.91. The Morgan fingerprint density at radius 3 is 2.20 bits per heavy atom. The van der Waals surface area contributed by atoms with Crippen molar-refractivity contribution >= 4 is 17.5 Å². The first-order valence-electron chi connectivity index (χ1n) is 8.64. The number of carbonyl (C=O) groups is 2. The summed E-state index contributed by atoms with van der Waals surface area (Å²) in [5.74, 6) is -0.00945. The fourth-order valence-corrected chi connectivity index (χ4v) is 2.96. The van der Waals surface area contributed by atoms with Crippen LogP contribution in [0.25, 0.3) is 0 Å². The first-order valence-corrected chi connectivity index (χ1v) is 8.64. The summed E-state index contributed by atoms with van der Waals surface area (Å²) in [6, 6.07) is 15.9. The third kappa shape index (κ3) is 5.45. The maximum absolute atomic E-state index is 12.0. The first kappa shape index (κ1) is 18.7. The number of rotatable bonds is 7. The molecule has 0 bridgehead atoms. The molecule has 0 unspecified atom stereocenters. The topological polar surface area (TPSA) is 49.4 Å². The zero-order valence-corrected chi connectivity index (χ0v) is 15.2. The van der Waals surface area contributed by atoms with Crippen molar-refractivity contribution in [3.63, 3.8) is 0 Å². The van der Waals surface area contributed by atoms with Crippen molar-refractivity contribution < 1.29 is 9.59 Å². The molecule has 25 heavy (non-hydrogen) atoms. The first-order chi connectivity index (χ1) is 12.0. The number of hydrogen-bond acceptors (Lipinski definition) is 2. The third-order valence-corrected chi connectivity index (χ3v) is 4.23. The van der Waals surface area contributed by atoms with Crippen LogP contribution in [0.5, 0.6) is 0 Å². The molecule has 2 aromatic carbocycles. The molecule has 0 spiro atoms. The minimum absolute atomic E-state index is 0.00820. The molecule has 0 atom stereocenters. The molecule has 0 aliphatic rings. The van der Waals surface area contributed by atoms with Crippen LogP contribution in [0, 0.1) is 13.8 Å². The van der Waals surface area contributed by atoms with Crippen molar-refractivity contribution in [1.29, 1.82) is 0 Å². The lowest BCUT2D eigenvalue weighted by Crippen LogP contribution is -2.38. The minimum Gasteiger partial charge on any atom is -0.354 e. The number of hydrogen-bond donors (Lipinski definition) is 1. The monoisotopic (exact) mass is 338 g/mol. The largest absolute Gasteiger partial charge is 0.354 e. The third-order valence-electron chi connectivity index (χ3n) is 4.23. The second kappa shape index (κ2) is 9.02. The van der Waals surface area contributed by atoms with Gasteiger partial charge in [-0.15, -0.1) is 0 Å². The summed E-state index contributed by atoms with van der Waals surface area (Å²) >= 11 is 0. The SMILES string of the molecule is CC(=O)N(CCNC(=O)CCc1ccccc1)c1c(C)cccc1C. The lowest BCUT2D eigenvalue weighted by Gasteiger charge is -2.25. The van der Waals surface area contributed by atoms with Crippen LogP contribution < -0.4 is 10.2 Å². The van der Waals surface area contributed by atoms with Crippen LogP contribution in [0.1, 0.15) is 30.0 Å². The van der Waals surface area contributed by atoms with Crippen LogP contribution in [0.2, 0.25) is 0 Å². The van der Waals surface area contributed by atoms with Crippen LogP contribution in [-0.4, -0.2) is 24.9 Å². The van der Waals surface area contributed by atoms with Crippen molar-refractivity contribution in [2.45, 2.75) is 33.6 Å². The molecule has 132 valence electrons. The highest BCUT2D eigenvalue weighted by Gasteiger charge is 2.16. The van der Waals surface area contributed by atoms with Gasteiger partial charge in [-0.05, 0) is 37.0 Å². The van der Waals surface area contributed by atoms with Crippen molar-refractivity contribution in [2.75, 3.05) is 18.0 Å². The summed E-state index contributed by atoms with van der Waals surface area (Å²) in [6.07, 6.45) is 1.17. The molecule has 0 aliphatic carbocycles. The van der Waals surface area contributed by atoms with E-state index in [0.717, 1.165) is 28.8 Å². The molecule has 2 aromatic rings. The fraction of sp³-hybridized carbons (Fsp3) is 0.333. The van der Waals surface area contributed by atoms with E-state index < -0.39 is 0 Å². The molecule has 0 heterocycles. The van der Waals surface area contributed by atoms with E-state index in [1.54, 1.807) is 11.8 Å². The van der Waals surface area contributed by atoms with Gasteiger partial charge in [0.05, 0.1) is 0 Å². The Kier molecular flexibility index (Phi) is 6.75. The van der Waals surface area contributed by atoms with Gasteiger partial charge in [0.15, 0.2) is 0 Å². The van der Waals surface area contributed by atoms with Crippen molar-refractivity contribution in [2.24, 2.45) is 0 Å². The van der Waals surface area contributed by atoms with Crippen molar-refractivity contribution in [3.05, 3.63) is 65.2 Å². The summed E-state index contributed by atoms with van der Waals surface area (Å²) in [7, 11) is 0. The molecule has 0 saturated heterocycles. The zero-order valence-electron chi connectivity index (χ0n) is 15.2. The van der Waals surface area contributed by atoms with E-state index in [1.165, 1.54) is 0 Å². The molecule has 2 rings (SSSR count). The van der Waals surface area contributed by atoms with Gasteiger partial charge in [0, 0.05) is 32.1 Å². The molecule has 0 aromatic heterocycles. The number of nitrogens with zero attached hydrogens (tertiary/aromatic N) is 1. The predicted molar refractivity (Wildman–Crippen MR) is 102 cm³/mol. The van der Waals surface area contributed by atoms with Crippen LogP contribution in [-0.2, 0) is 16.0 Å². The quantitative estimate of drug-likeness (QED) is 0.841. The van der Waals surface area contributed by atoms with Gasteiger partial charge in [0.2, 0.25) is 11.8 Å². The summed E-state index contributed by atoms with van der Waals surface area (Å²) in [6.45, 7) is 6.47. The van der Waals surface area contributed by atoms with E-state index in [1.807, 2.05) is 62.4 Å². The van der Waals surface area contributed by atoms with Gasteiger partial charge in [-0.2, -0.15) is 0 Å². The molecular weight excluding hydrogens is 312 g/mol. The Hall–Kier alpha value is -2.62. The van der Waals surface area contributed by atoms with E-state index in [0.29, 0.717) is 19.5 Å². The van der Waals surface area contributed by atoms with Crippen molar-refractivity contribution in [3.8, 4) is 0 Å². The molecule has 0 fully saturated rings. The van der Waals surface area contributed by atoms with E-state index in [9.17, 15) is 9.59 Å². The van der Waals surface area contributed by atoms with Gasteiger partial charge in [-0.3, -0.25) is 9.59 Å². The number of carbonyl (C=O) groups excluding carboxylic acids is 2. The number of aryl methyl sites for hydroxylation is 3. The Labute approximate surface area is 149 Å². The average molecular weight is 338 g/mol. The zero-order chi connectivity index (χ0) is 18.2. The highest BCUT2D eigenvalue weighted by molar-refractivity contribution is 5.93. The summed E-state index contributed by atoms with van der Waals surface area (Å²) in [4.78, 5) is 25.8. The molecule has 1 N–H and O–H groups in total. The predicted octanol–water partition coefficient (Wildman–Crippen LogP) is 3.41. The molecule has 0 radical (unpaired) electrons. The number of benzene rings is 2. The fourth-order valence-electron chi connectivity index (χ4n) is 2.96. The van der Waals surface area contributed by atoms with Gasteiger partial charge in [-0.1, -0.05) is 48.5 Å². The van der Waals surface area contributed by atoms with Crippen LogP contribution in [0.3, 0.4) is 0 Å². The van der Waals surface area contributed by atoms with Gasteiger partial charge < -0.3 is 10.2 Å². The maximum atomic E-state index is 12.0. The number of nitrogens with one attached hydrogen (secondary N) is 1. The average Bonchev–Trinajstić information content (AvgIpc) is 2.59. The van der Waals surface area contributed by atoms with Gasteiger partial charge in [-0.25, -0.2) is 0 Å². The van der Waals surface area contributed by atoms with Crippen LogP contribution >= 0.6 is 0 Å². The van der Waals surface area contributed by atoms with Crippen LogP contribution in [0.4, 0.5) is 5.69 Å². The Morgan fingerprint density at radius 2 is 1.60 bits per heavy atom. The second-order valence-corrected chi connectivity index (χ2v) is 6.25. The smallest absolute Gasteiger partial charge is 0.223 e. The summed E-state index contributed by atoms with van der Waals surface area (Å²) < 4.78 is 0. The molecule has 0 saturated carbocycles. The lowest BCUT2D eigenvalue weighted by atomic mass is 10.1. The Bertz CT molecular complexity index is 706. The summed E-state index contributed by atoms with van der Waals surface area (Å²) in [5.41, 5.74) is 4.21. The standard InChI is InChI=1S/C21H26N2O2/c1-16-8-7-9-17(2)21(16)23(18(3)24)15-14-22-20(25)13-12-19-10-5-4-6-11-19/h4-11H,12-15H2,1-3H3,(H,22,25). The second-order valence-electron chi connectivity index (χ2n) is 6.25. The van der Waals surface area contributed by atoms with E-state index >= 15 is 0 Å². The van der Waals surface area contributed by atoms with E-state index in [4.69, 9.17) is 0 Å². The van der Waals surface area contributed by atoms with Gasteiger partial charge in [0.1, 0.15) is 0 Å². The number of amides is 2. The Morgan fingerprint density at radius 1 is 0.960 bits per heavy atom. The van der Waals surface area contributed by atoms with E-state index in [-0.39, 0.29) is 11.8 Å². The molecule has 4 nitrogen and oxygen atoms in total. The molecule has 0 aliphatic heterocycles. The Balaban J connectivity index is 1.87. The van der Waals surface area contributed by atoms with Crippen LogP contribution in [0.15, 0.2) is 48.5 Å². The number of anilines is 1. The maximum Gasteiger partial charge on any atom is 0.223 e. The lowest BCUT2D eigenvalue weighted by molar-refractivity contribution is -0.121. The van der Waals surface area contributed by atoms with Crippen molar-refractivity contribution in [1.82, 2.24) is 5.32 Å². The normalized spacial score (nSPS) is 10.4. The molecule has 4 heteroatoms. The highest BCUT2D eigenvalue weighted by Crippen LogP contribution is 2.24. The highest BCUT2D eigenvalue weighted by atomic mass is 16.2. The minimum atomic E-state index is -0.0177. The number of para-hydroxylation sites is 1. The van der Waals surface area contributed by atoms with Gasteiger partial charge in [0.25, 0.3) is 0 Å². The van der Waals surface area contributed by atoms with Gasteiger partial charge >= 0.3 is 0 Å². The molecule has 2 amide bonds.